The molecule has 2 aromatic rings. The molecule has 15 heteroatoms. The van der Waals surface area contributed by atoms with Crippen molar-refractivity contribution in [3.8, 4) is 0 Å². The van der Waals surface area contributed by atoms with E-state index in [1.54, 1.807) is 0 Å². The molecule has 3 rings (SSSR count). The molecule has 8 nitrogen and oxygen atoms in total. The summed E-state index contributed by atoms with van der Waals surface area (Å²) in [5.41, 5.74) is -1.05. The van der Waals surface area contributed by atoms with Crippen molar-refractivity contribution in [3.63, 3.8) is 0 Å². The fourth-order valence-corrected chi connectivity index (χ4v) is 4.28. The third-order valence-electron chi connectivity index (χ3n) is 4.84. The van der Waals surface area contributed by atoms with Crippen LogP contribution < -0.4 is 15.5 Å². The minimum absolute atomic E-state index is 0.00141. The zero-order chi connectivity index (χ0) is 24.6. The van der Waals surface area contributed by atoms with Gasteiger partial charge in [-0.25, -0.2) is 14.6 Å². The number of thiophene rings is 1. The number of rotatable bonds is 3. The summed E-state index contributed by atoms with van der Waals surface area (Å²) in [6.45, 7) is 0.209. The Kier molecular flexibility index (Phi) is 6.72. The lowest BCUT2D eigenvalue weighted by Crippen LogP contribution is -2.46. The Morgan fingerprint density at radius 2 is 1.79 bits per heavy atom. The highest BCUT2D eigenvalue weighted by atomic mass is 32.1. The van der Waals surface area contributed by atoms with Gasteiger partial charge in [-0.2, -0.15) is 26.3 Å². The zero-order valence-corrected chi connectivity index (χ0v) is 17.6. The quantitative estimate of drug-likeness (QED) is 0.382. The number of hydrogen-bond donors (Lipinski definition) is 2. The van der Waals surface area contributed by atoms with Crippen molar-refractivity contribution in [2.24, 2.45) is 0 Å². The van der Waals surface area contributed by atoms with Gasteiger partial charge < -0.3 is 20.3 Å². The molecule has 2 N–H and O–H groups in total. The van der Waals surface area contributed by atoms with Crippen molar-refractivity contribution >= 4 is 45.3 Å². The van der Waals surface area contributed by atoms with Crippen LogP contribution >= 0.6 is 11.3 Å². The number of carbonyl (C=O) groups excluding carboxylic acids is 3. The van der Waals surface area contributed by atoms with Gasteiger partial charge in [-0.05, 0) is 18.9 Å². The molecular weight excluding hydrogens is 482 g/mol. The number of amides is 2. The zero-order valence-electron chi connectivity index (χ0n) is 16.8. The average Bonchev–Trinajstić information content (AvgIpc) is 3.15. The van der Waals surface area contributed by atoms with E-state index in [1.165, 1.54) is 17.3 Å². The molecule has 3 heterocycles. The first-order valence-electron chi connectivity index (χ1n) is 9.37. The van der Waals surface area contributed by atoms with Crippen molar-refractivity contribution < 1.29 is 45.5 Å². The summed E-state index contributed by atoms with van der Waals surface area (Å²) in [5, 5.41) is 5.77. The normalized spacial score (nSPS) is 15.4. The SMILES string of the molecule is CNC(=O)c1csc2c(C(F)(F)F)cc(N3CCC(NC(=O)OC(=O)C(F)(F)F)CC3)nc12. The molecule has 1 saturated heterocycles. The summed E-state index contributed by atoms with van der Waals surface area (Å²) in [7, 11) is 1.34. The predicted molar refractivity (Wildman–Crippen MR) is 104 cm³/mol. The first kappa shape index (κ1) is 24.5. The number of alkyl halides is 6. The van der Waals surface area contributed by atoms with Gasteiger partial charge in [0, 0.05) is 31.6 Å². The maximum atomic E-state index is 13.6. The summed E-state index contributed by atoms with van der Waals surface area (Å²) < 4.78 is 80.9. The number of anilines is 1. The van der Waals surface area contributed by atoms with Crippen molar-refractivity contribution in [1.82, 2.24) is 15.6 Å². The topological polar surface area (TPSA) is 101 Å². The summed E-state index contributed by atoms with van der Waals surface area (Å²) in [6.07, 6.45) is -11.3. The first-order valence-corrected chi connectivity index (χ1v) is 10.2. The van der Waals surface area contributed by atoms with Gasteiger partial charge in [-0.15, -0.1) is 11.3 Å². The van der Waals surface area contributed by atoms with Crippen molar-refractivity contribution in [2.45, 2.75) is 31.2 Å². The van der Waals surface area contributed by atoms with E-state index in [-0.39, 0.29) is 47.5 Å². The largest absolute Gasteiger partial charge is 0.491 e. The molecule has 33 heavy (non-hydrogen) atoms. The maximum Gasteiger partial charge on any atom is 0.491 e. The third kappa shape index (κ3) is 5.46. The number of hydrogen-bond acceptors (Lipinski definition) is 7. The van der Waals surface area contributed by atoms with Gasteiger partial charge in [-0.1, -0.05) is 0 Å². The van der Waals surface area contributed by atoms with E-state index in [1.807, 2.05) is 0 Å². The molecule has 1 aliphatic heterocycles. The number of alkyl carbamates (subject to hydrolysis) is 1. The lowest BCUT2D eigenvalue weighted by molar-refractivity contribution is -0.192. The molecule has 0 spiro atoms. The smallest absolute Gasteiger partial charge is 0.369 e. The number of fused-ring (bicyclic) bond motifs is 1. The molecule has 2 amide bonds. The standard InChI is InChI=1S/C18H16F6N4O4S/c1-25-14(29)9-7-33-13-10(17(19,20)21)6-11(27-12(9)13)28-4-2-8(3-5-28)26-16(31)32-15(30)18(22,23)24/h6-8H,2-5H2,1H3,(H,25,29)(H,26,31). The van der Waals surface area contributed by atoms with Gasteiger partial charge in [0.25, 0.3) is 5.91 Å². The van der Waals surface area contributed by atoms with Gasteiger partial charge in [0.2, 0.25) is 0 Å². The van der Waals surface area contributed by atoms with Crippen molar-refractivity contribution in [1.29, 1.82) is 0 Å². The lowest BCUT2D eigenvalue weighted by Gasteiger charge is -2.33. The summed E-state index contributed by atoms with van der Waals surface area (Å²) in [4.78, 5) is 40.0. The van der Waals surface area contributed by atoms with Gasteiger partial charge in [0.15, 0.2) is 0 Å². The highest BCUT2D eigenvalue weighted by Crippen LogP contribution is 2.40. The monoisotopic (exact) mass is 498 g/mol. The fraction of sp³-hybridized carbons (Fsp3) is 0.444. The Morgan fingerprint density at radius 3 is 2.33 bits per heavy atom. The summed E-state index contributed by atoms with van der Waals surface area (Å²) in [6, 6.07) is 0.208. The van der Waals surface area contributed by atoms with E-state index >= 15 is 0 Å². The van der Waals surface area contributed by atoms with E-state index in [0.717, 1.165) is 17.4 Å². The van der Waals surface area contributed by atoms with Crippen LogP contribution in [0.4, 0.5) is 37.0 Å². The Balaban J connectivity index is 1.76. The number of nitrogens with one attached hydrogen (secondary N) is 2. The van der Waals surface area contributed by atoms with Crippen LogP contribution in [0, 0.1) is 0 Å². The van der Waals surface area contributed by atoms with E-state index in [4.69, 9.17) is 0 Å². The van der Waals surface area contributed by atoms with E-state index in [0.29, 0.717) is 0 Å². The average molecular weight is 498 g/mol. The summed E-state index contributed by atoms with van der Waals surface area (Å²) in [5.74, 6) is -3.28. The number of pyridine rings is 1. The lowest BCUT2D eigenvalue weighted by atomic mass is 10.0. The molecular formula is C18H16F6N4O4S. The molecule has 0 atom stereocenters. The second-order valence-corrected chi connectivity index (χ2v) is 7.89. The van der Waals surface area contributed by atoms with Crippen molar-refractivity contribution in [3.05, 3.63) is 22.6 Å². The number of nitrogens with zero attached hydrogens (tertiary/aromatic N) is 2. The van der Waals surface area contributed by atoms with Crippen LogP contribution in [0.5, 0.6) is 0 Å². The third-order valence-corrected chi connectivity index (χ3v) is 5.85. The second kappa shape index (κ2) is 9.03. The van der Waals surface area contributed by atoms with Crippen LogP contribution in [0.15, 0.2) is 11.4 Å². The molecule has 0 unspecified atom stereocenters. The van der Waals surface area contributed by atoms with Gasteiger partial charge in [-0.3, -0.25) is 4.79 Å². The Bertz CT molecular complexity index is 1080. The summed E-state index contributed by atoms with van der Waals surface area (Å²) >= 11 is 0.749. The van der Waals surface area contributed by atoms with E-state index in [9.17, 15) is 40.7 Å². The molecule has 1 aliphatic rings. The van der Waals surface area contributed by atoms with E-state index < -0.39 is 41.9 Å². The number of ether oxygens (including phenoxy) is 1. The molecule has 0 bridgehead atoms. The first-order chi connectivity index (χ1) is 15.3. The number of halogens is 6. The van der Waals surface area contributed by atoms with Crippen LogP contribution in [0.2, 0.25) is 0 Å². The van der Waals surface area contributed by atoms with Gasteiger partial charge in [0.1, 0.15) is 5.82 Å². The number of aromatic nitrogens is 1. The molecule has 0 saturated carbocycles. The molecule has 2 aromatic heterocycles. The molecule has 0 aliphatic carbocycles. The van der Waals surface area contributed by atoms with Crippen LogP contribution in [0.3, 0.4) is 0 Å². The van der Waals surface area contributed by atoms with Crippen LogP contribution in [0.25, 0.3) is 10.2 Å². The van der Waals surface area contributed by atoms with Gasteiger partial charge in [0.05, 0.1) is 21.3 Å². The number of carbonyl (C=O) groups is 3. The Hall–Kier alpha value is -3.10. The van der Waals surface area contributed by atoms with Crippen LogP contribution in [-0.2, 0) is 15.7 Å². The predicted octanol–water partition coefficient (Wildman–Crippen LogP) is 3.46. The van der Waals surface area contributed by atoms with E-state index in [2.05, 4.69) is 20.4 Å². The minimum atomic E-state index is -5.32. The minimum Gasteiger partial charge on any atom is -0.369 e. The fourth-order valence-electron chi connectivity index (χ4n) is 3.25. The van der Waals surface area contributed by atoms with Gasteiger partial charge >= 0.3 is 24.4 Å². The maximum absolute atomic E-state index is 13.6. The Labute approximate surface area is 185 Å². The number of esters is 1. The van der Waals surface area contributed by atoms with Crippen molar-refractivity contribution in [2.75, 3.05) is 25.0 Å². The second-order valence-electron chi connectivity index (χ2n) is 7.01. The van der Waals surface area contributed by atoms with Crippen LogP contribution in [0.1, 0.15) is 28.8 Å². The van der Waals surface area contributed by atoms with Crippen LogP contribution in [-0.4, -0.2) is 55.3 Å². The molecule has 180 valence electrons. The highest BCUT2D eigenvalue weighted by molar-refractivity contribution is 7.17. The molecule has 0 radical (unpaired) electrons. The number of piperidine rings is 1. The highest BCUT2D eigenvalue weighted by Gasteiger charge is 2.43. The Morgan fingerprint density at radius 1 is 1.15 bits per heavy atom. The molecule has 0 aromatic carbocycles. The molecule has 1 fully saturated rings.